The SMILES string of the molecule is CCN1CCN(C(=O)c2ccnc(C(=O)Nc3ccc(C)cc3C)c2)CC1. The van der Waals surface area contributed by atoms with Crippen molar-refractivity contribution in [3.63, 3.8) is 0 Å². The smallest absolute Gasteiger partial charge is 0.274 e. The van der Waals surface area contributed by atoms with Crippen LogP contribution in [0.1, 0.15) is 38.9 Å². The predicted molar refractivity (Wildman–Crippen MR) is 106 cm³/mol. The Morgan fingerprint density at radius 3 is 2.48 bits per heavy atom. The van der Waals surface area contributed by atoms with Crippen LogP contribution in [-0.2, 0) is 0 Å². The number of hydrogen-bond acceptors (Lipinski definition) is 4. The molecule has 0 spiro atoms. The Morgan fingerprint density at radius 2 is 1.81 bits per heavy atom. The van der Waals surface area contributed by atoms with E-state index in [1.165, 1.54) is 6.20 Å². The highest BCUT2D eigenvalue weighted by molar-refractivity contribution is 6.05. The van der Waals surface area contributed by atoms with Gasteiger partial charge in [0.1, 0.15) is 5.69 Å². The summed E-state index contributed by atoms with van der Waals surface area (Å²) in [5, 5.41) is 2.88. The Kier molecular flexibility index (Phi) is 5.86. The van der Waals surface area contributed by atoms with E-state index < -0.39 is 0 Å². The van der Waals surface area contributed by atoms with Crippen molar-refractivity contribution in [1.29, 1.82) is 0 Å². The normalized spacial score (nSPS) is 14.9. The van der Waals surface area contributed by atoms with Gasteiger partial charge in [0, 0.05) is 43.6 Å². The predicted octanol–water partition coefficient (Wildman–Crippen LogP) is 2.73. The fraction of sp³-hybridized carbons (Fsp3) is 0.381. The number of aromatic nitrogens is 1. The largest absolute Gasteiger partial charge is 0.336 e. The monoisotopic (exact) mass is 366 g/mol. The number of pyridine rings is 1. The van der Waals surface area contributed by atoms with Gasteiger partial charge in [0.25, 0.3) is 11.8 Å². The molecule has 27 heavy (non-hydrogen) atoms. The second kappa shape index (κ2) is 8.31. The van der Waals surface area contributed by atoms with Crippen LogP contribution in [0.2, 0.25) is 0 Å². The lowest BCUT2D eigenvalue weighted by atomic mass is 10.1. The zero-order chi connectivity index (χ0) is 19.4. The summed E-state index contributed by atoms with van der Waals surface area (Å²) >= 11 is 0. The van der Waals surface area contributed by atoms with Crippen molar-refractivity contribution >= 4 is 17.5 Å². The lowest BCUT2D eigenvalue weighted by Gasteiger charge is -2.34. The Balaban J connectivity index is 1.71. The minimum absolute atomic E-state index is 0.0475. The Bertz CT molecular complexity index is 842. The van der Waals surface area contributed by atoms with Gasteiger partial charge in [0.15, 0.2) is 0 Å². The standard InChI is InChI=1S/C21H26N4O2/c1-4-24-9-11-25(12-10-24)21(27)17-7-8-22-19(14-17)20(26)23-18-6-5-15(2)13-16(18)3/h5-8,13-14H,4,9-12H2,1-3H3,(H,23,26). The van der Waals surface area contributed by atoms with E-state index in [1.807, 2.05) is 36.9 Å². The van der Waals surface area contributed by atoms with Crippen molar-refractivity contribution < 1.29 is 9.59 Å². The molecule has 0 radical (unpaired) electrons. The molecule has 2 amide bonds. The summed E-state index contributed by atoms with van der Waals surface area (Å²) in [5.41, 5.74) is 3.62. The summed E-state index contributed by atoms with van der Waals surface area (Å²) in [6.45, 7) is 10.3. The molecule has 1 saturated heterocycles. The van der Waals surface area contributed by atoms with Crippen LogP contribution in [0.15, 0.2) is 36.5 Å². The third-order valence-electron chi connectivity index (χ3n) is 4.98. The second-order valence-electron chi connectivity index (χ2n) is 6.93. The highest BCUT2D eigenvalue weighted by Gasteiger charge is 2.22. The number of rotatable bonds is 4. The molecule has 1 N–H and O–H groups in total. The summed E-state index contributed by atoms with van der Waals surface area (Å²) in [5.74, 6) is -0.360. The van der Waals surface area contributed by atoms with E-state index in [2.05, 4.69) is 22.1 Å². The van der Waals surface area contributed by atoms with Crippen LogP contribution < -0.4 is 5.32 Å². The van der Waals surface area contributed by atoms with Gasteiger partial charge in [-0.05, 0) is 44.2 Å². The van der Waals surface area contributed by atoms with E-state index in [9.17, 15) is 9.59 Å². The minimum Gasteiger partial charge on any atom is -0.336 e. The van der Waals surface area contributed by atoms with Crippen molar-refractivity contribution in [3.05, 3.63) is 58.9 Å². The van der Waals surface area contributed by atoms with E-state index in [4.69, 9.17) is 0 Å². The molecule has 1 fully saturated rings. The van der Waals surface area contributed by atoms with Gasteiger partial charge in [-0.25, -0.2) is 0 Å². The highest BCUT2D eigenvalue weighted by atomic mass is 16.2. The number of piperazine rings is 1. The number of nitrogens with zero attached hydrogens (tertiary/aromatic N) is 3. The summed E-state index contributed by atoms with van der Waals surface area (Å²) in [6.07, 6.45) is 1.52. The molecule has 1 aliphatic heterocycles. The van der Waals surface area contributed by atoms with Crippen molar-refractivity contribution in [2.24, 2.45) is 0 Å². The lowest BCUT2D eigenvalue weighted by molar-refractivity contribution is 0.0643. The first-order valence-electron chi connectivity index (χ1n) is 9.34. The molecular weight excluding hydrogens is 340 g/mol. The van der Waals surface area contributed by atoms with E-state index in [1.54, 1.807) is 12.1 Å². The van der Waals surface area contributed by atoms with Gasteiger partial charge in [0.2, 0.25) is 0 Å². The van der Waals surface area contributed by atoms with Gasteiger partial charge in [-0.15, -0.1) is 0 Å². The van der Waals surface area contributed by atoms with Crippen LogP contribution in [0.3, 0.4) is 0 Å². The molecule has 0 aliphatic carbocycles. The van der Waals surface area contributed by atoms with E-state index in [0.29, 0.717) is 18.7 Å². The molecule has 0 saturated carbocycles. The molecule has 6 heteroatoms. The highest BCUT2D eigenvalue weighted by Crippen LogP contribution is 2.17. The molecule has 2 aromatic rings. The molecule has 0 atom stereocenters. The van der Waals surface area contributed by atoms with Gasteiger partial charge in [0.05, 0.1) is 0 Å². The average molecular weight is 366 g/mol. The van der Waals surface area contributed by atoms with Gasteiger partial charge >= 0.3 is 0 Å². The Hall–Kier alpha value is -2.73. The molecule has 6 nitrogen and oxygen atoms in total. The quantitative estimate of drug-likeness (QED) is 0.904. The van der Waals surface area contributed by atoms with Gasteiger partial charge < -0.3 is 15.1 Å². The van der Waals surface area contributed by atoms with Gasteiger partial charge in [-0.1, -0.05) is 24.6 Å². The first kappa shape index (κ1) is 19.0. The van der Waals surface area contributed by atoms with Crippen LogP contribution in [0, 0.1) is 13.8 Å². The average Bonchev–Trinajstić information content (AvgIpc) is 2.69. The van der Waals surface area contributed by atoms with Crippen molar-refractivity contribution in [2.75, 3.05) is 38.0 Å². The Morgan fingerprint density at radius 1 is 1.07 bits per heavy atom. The number of hydrogen-bond donors (Lipinski definition) is 1. The van der Waals surface area contributed by atoms with Crippen LogP contribution in [0.25, 0.3) is 0 Å². The summed E-state index contributed by atoms with van der Waals surface area (Å²) in [6, 6.07) is 9.09. The maximum atomic E-state index is 12.8. The number of carbonyl (C=O) groups excluding carboxylic acids is 2. The van der Waals surface area contributed by atoms with E-state index in [-0.39, 0.29) is 17.5 Å². The van der Waals surface area contributed by atoms with Crippen molar-refractivity contribution in [3.8, 4) is 0 Å². The molecular formula is C21H26N4O2. The molecule has 3 rings (SSSR count). The third-order valence-corrected chi connectivity index (χ3v) is 4.98. The molecule has 2 heterocycles. The number of carbonyl (C=O) groups is 2. The third kappa shape index (κ3) is 4.52. The fourth-order valence-corrected chi connectivity index (χ4v) is 3.28. The van der Waals surface area contributed by atoms with E-state index >= 15 is 0 Å². The minimum atomic E-state index is -0.313. The van der Waals surface area contributed by atoms with Crippen molar-refractivity contribution in [2.45, 2.75) is 20.8 Å². The summed E-state index contributed by atoms with van der Waals surface area (Å²) < 4.78 is 0. The number of likely N-dealkylation sites (N-methyl/N-ethyl adjacent to an activating group) is 1. The maximum Gasteiger partial charge on any atom is 0.274 e. The second-order valence-corrected chi connectivity index (χ2v) is 6.93. The number of anilines is 1. The zero-order valence-electron chi connectivity index (χ0n) is 16.2. The fourth-order valence-electron chi connectivity index (χ4n) is 3.28. The lowest BCUT2D eigenvalue weighted by Crippen LogP contribution is -2.48. The van der Waals surface area contributed by atoms with E-state index in [0.717, 1.165) is 36.4 Å². The topological polar surface area (TPSA) is 65.5 Å². The molecule has 1 aromatic carbocycles. The van der Waals surface area contributed by atoms with Crippen LogP contribution in [0.5, 0.6) is 0 Å². The number of aryl methyl sites for hydroxylation is 2. The number of nitrogens with one attached hydrogen (secondary N) is 1. The van der Waals surface area contributed by atoms with Crippen molar-refractivity contribution in [1.82, 2.24) is 14.8 Å². The number of amides is 2. The number of benzene rings is 1. The molecule has 0 bridgehead atoms. The molecule has 1 aliphatic rings. The van der Waals surface area contributed by atoms with Gasteiger partial charge in [-0.3, -0.25) is 14.6 Å². The first-order chi connectivity index (χ1) is 13.0. The maximum absolute atomic E-state index is 12.8. The van der Waals surface area contributed by atoms with Crippen LogP contribution >= 0.6 is 0 Å². The summed E-state index contributed by atoms with van der Waals surface area (Å²) in [7, 11) is 0. The van der Waals surface area contributed by atoms with Crippen LogP contribution in [0.4, 0.5) is 5.69 Å². The molecule has 142 valence electrons. The molecule has 1 aromatic heterocycles. The Labute approximate surface area is 160 Å². The van der Waals surface area contributed by atoms with Gasteiger partial charge in [-0.2, -0.15) is 0 Å². The first-order valence-corrected chi connectivity index (χ1v) is 9.34. The zero-order valence-corrected chi connectivity index (χ0v) is 16.2. The summed E-state index contributed by atoms with van der Waals surface area (Å²) in [4.78, 5) is 33.7. The van der Waals surface area contributed by atoms with Crippen LogP contribution in [-0.4, -0.2) is 59.3 Å². The molecule has 0 unspecified atom stereocenters.